The molecule has 0 N–H and O–H groups in total. The Hall–Kier alpha value is -2.15. The monoisotopic (exact) mass is 285 g/mol. The van der Waals surface area contributed by atoms with Gasteiger partial charge in [0.2, 0.25) is 0 Å². The summed E-state index contributed by atoms with van der Waals surface area (Å²) >= 11 is 0. The van der Waals surface area contributed by atoms with Crippen molar-refractivity contribution in [3.63, 3.8) is 0 Å². The fourth-order valence-electron chi connectivity index (χ4n) is 1.97. The van der Waals surface area contributed by atoms with Crippen LogP contribution in [0, 0.1) is 23.7 Å². The minimum atomic E-state index is 0.174. The standard InChI is InChI=1S/C9H7N3.C8H16O/c1-7-8(6-10)9-4-2-3-5-12(9)11-7;1-5-7(9)6-8(2,3)4/h2-5H,1H3;5-6H2,1-4H3. The molecule has 0 saturated heterocycles. The van der Waals surface area contributed by atoms with E-state index in [2.05, 4.69) is 31.9 Å². The zero-order chi connectivity index (χ0) is 16.0. The van der Waals surface area contributed by atoms with Crippen LogP contribution >= 0.6 is 0 Å². The van der Waals surface area contributed by atoms with Gasteiger partial charge in [-0.3, -0.25) is 4.79 Å². The van der Waals surface area contributed by atoms with Crippen LogP contribution in [0.1, 0.15) is 51.8 Å². The van der Waals surface area contributed by atoms with Gasteiger partial charge in [0.1, 0.15) is 17.4 Å². The van der Waals surface area contributed by atoms with Gasteiger partial charge >= 0.3 is 0 Å². The SMILES string of the molecule is CCC(=O)CC(C)(C)C.Cc1nn2ccccc2c1C#N. The number of rotatable bonds is 2. The second-order valence-corrected chi connectivity index (χ2v) is 6.23. The number of Topliss-reactive ketones (excluding diaryl/α,β-unsaturated/α-hetero) is 1. The molecule has 0 atom stereocenters. The van der Waals surface area contributed by atoms with Crippen LogP contribution in [0.5, 0.6) is 0 Å². The van der Waals surface area contributed by atoms with Crippen LogP contribution in [-0.4, -0.2) is 15.4 Å². The Morgan fingerprint density at radius 3 is 2.52 bits per heavy atom. The third-order valence-corrected chi connectivity index (χ3v) is 2.95. The van der Waals surface area contributed by atoms with Gasteiger partial charge in [0.15, 0.2) is 0 Å². The number of carbonyl (C=O) groups excluding carboxylic acids is 1. The Bertz CT molecular complexity index is 657. The number of hydrogen-bond acceptors (Lipinski definition) is 3. The van der Waals surface area contributed by atoms with Gasteiger partial charge in [-0.1, -0.05) is 33.8 Å². The van der Waals surface area contributed by atoms with Crippen molar-refractivity contribution in [1.29, 1.82) is 5.26 Å². The van der Waals surface area contributed by atoms with E-state index in [0.29, 0.717) is 24.2 Å². The number of hydrogen-bond donors (Lipinski definition) is 0. The number of fused-ring (bicyclic) bond motifs is 1. The van der Waals surface area contributed by atoms with Crippen molar-refractivity contribution in [2.75, 3.05) is 0 Å². The molecule has 0 aliphatic carbocycles. The van der Waals surface area contributed by atoms with E-state index >= 15 is 0 Å². The van der Waals surface area contributed by atoms with E-state index in [4.69, 9.17) is 5.26 Å². The lowest BCUT2D eigenvalue weighted by atomic mass is 9.89. The first kappa shape index (κ1) is 16.9. The molecule has 0 aliphatic heterocycles. The van der Waals surface area contributed by atoms with E-state index in [0.717, 1.165) is 11.2 Å². The van der Waals surface area contributed by atoms with Gasteiger partial charge in [-0.2, -0.15) is 10.4 Å². The van der Waals surface area contributed by atoms with E-state index in [9.17, 15) is 4.79 Å². The second kappa shape index (κ2) is 7.03. The molecule has 0 spiro atoms. The molecule has 2 aromatic heterocycles. The third-order valence-electron chi connectivity index (χ3n) is 2.95. The van der Waals surface area contributed by atoms with Gasteiger partial charge in [0, 0.05) is 19.0 Å². The van der Waals surface area contributed by atoms with E-state index in [-0.39, 0.29) is 5.41 Å². The van der Waals surface area contributed by atoms with Crippen LogP contribution in [0.25, 0.3) is 5.52 Å². The minimum Gasteiger partial charge on any atom is -0.300 e. The lowest BCUT2D eigenvalue weighted by Crippen LogP contribution is -2.11. The van der Waals surface area contributed by atoms with Gasteiger partial charge in [0.05, 0.1) is 11.2 Å². The molecule has 0 amide bonds. The number of aromatic nitrogens is 2. The Kier molecular flexibility index (Phi) is 5.66. The molecule has 0 unspecified atom stereocenters. The first-order valence-electron chi connectivity index (χ1n) is 7.14. The van der Waals surface area contributed by atoms with E-state index in [1.807, 2.05) is 38.2 Å². The number of nitriles is 1. The first-order chi connectivity index (χ1) is 9.78. The first-order valence-corrected chi connectivity index (χ1v) is 7.14. The van der Waals surface area contributed by atoms with Crippen LogP contribution in [0.2, 0.25) is 0 Å². The fourth-order valence-corrected chi connectivity index (χ4v) is 1.97. The topological polar surface area (TPSA) is 58.2 Å². The van der Waals surface area contributed by atoms with Crippen molar-refractivity contribution < 1.29 is 4.79 Å². The van der Waals surface area contributed by atoms with Crippen LogP contribution < -0.4 is 0 Å². The highest BCUT2D eigenvalue weighted by atomic mass is 16.1. The van der Waals surface area contributed by atoms with Crippen LogP contribution in [0.4, 0.5) is 0 Å². The number of carbonyl (C=O) groups is 1. The van der Waals surface area contributed by atoms with Gasteiger partial charge in [0.25, 0.3) is 0 Å². The van der Waals surface area contributed by atoms with Crippen LogP contribution in [-0.2, 0) is 4.79 Å². The summed E-state index contributed by atoms with van der Waals surface area (Å²) in [4.78, 5) is 10.8. The van der Waals surface area contributed by atoms with Crippen molar-refractivity contribution in [3.05, 3.63) is 35.7 Å². The summed E-state index contributed by atoms with van der Waals surface area (Å²) in [5.74, 6) is 0.363. The number of ketones is 1. The van der Waals surface area contributed by atoms with Crippen molar-refractivity contribution in [1.82, 2.24) is 9.61 Å². The molecule has 2 heterocycles. The summed E-state index contributed by atoms with van der Waals surface area (Å²) in [5, 5.41) is 13.0. The van der Waals surface area contributed by atoms with E-state index in [1.54, 1.807) is 4.52 Å². The average molecular weight is 285 g/mol. The van der Waals surface area contributed by atoms with Crippen molar-refractivity contribution in [2.45, 2.75) is 47.5 Å². The average Bonchev–Trinajstić information content (AvgIpc) is 2.72. The zero-order valence-corrected chi connectivity index (χ0v) is 13.5. The van der Waals surface area contributed by atoms with Crippen molar-refractivity contribution in [2.24, 2.45) is 5.41 Å². The summed E-state index contributed by atoms with van der Waals surface area (Å²) in [5.41, 5.74) is 2.49. The Morgan fingerprint density at radius 1 is 1.38 bits per heavy atom. The summed E-state index contributed by atoms with van der Waals surface area (Å²) in [6.45, 7) is 10.0. The van der Waals surface area contributed by atoms with Crippen molar-refractivity contribution in [3.8, 4) is 6.07 Å². The highest BCUT2D eigenvalue weighted by molar-refractivity contribution is 5.78. The molecular weight excluding hydrogens is 262 g/mol. The second-order valence-electron chi connectivity index (χ2n) is 6.23. The molecule has 0 saturated carbocycles. The predicted molar refractivity (Wildman–Crippen MR) is 84.0 cm³/mol. The molecule has 21 heavy (non-hydrogen) atoms. The van der Waals surface area contributed by atoms with Gasteiger partial charge in [-0.25, -0.2) is 4.52 Å². The molecule has 2 rings (SSSR count). The Labute approximate surface area is 126 Å². The quantitative estimate of drug-likeness (QED) is 0.840. The molecule has 2 aromatic rings. The fraction of sp³-hybridized carbons (Fsp3) is 0.471. The molecule has 4 heteroatoms. The maximum Gasteiger partial charge on any atom is 0.133 e. The highest BCUT2D eigenvalue weighted by Crippen LogP contribution is 2.19. The summed E-state index contributed by atoms with van der Waals surface area (Å²) < 4.78 is 1.72. The lowest BCUT2D eigenvalue weighted by molar-refractivity contribution is -0.120. The molecule has 0 radical (unpaired) electrons. The van der Waals surface area contributed by atoms with E-state index in [1.165, 1.54) is 0 Å². The smallest absolute Gasteiger partial charge is 0.133 e. The Balaban J connectivity index is 0.000000222. The maximum absolute atomic E-state index is 10.8. The predicted octanol–water partition coefficient (Wildman–Crippen LogP) is 3.92. The summed E-state index contributed by atoms with van der Waals surface area (Å²) in [6, 6.07) is 7.81. The molecule has 112 valence electrons. The minimum absolute atomic E-state index is 0.174. The number of pyridine rings is 1. The Morgan fingerprint density at radius 2 is 2.05 bits per heavy atom. The lowest BCUT2D eigenvalue weighted by Gasteiger charge is -2.15. The summed E-state index contributed by atoms with van der Waals surface area (Å²) in [7, 11) is 0. The molecule has 0 aliphatic rings. The van der Waals surface area contributed by atoms with E-state index < -0.39 is 0 Å². The molecule has 0 fully saturated rings. The molecular formula is C17H23N3O. The number of aryl methyl sites for hydroxylation is 1. The van der Waals surface area contributed by atoms with Gasteiger partial charge in [-0.05, 0) is 24.5 Å². The maximum atomic E-state index is 10.8. The summed E-state index contributed by atoms with van der Waals surface area (Å²) in [6.07, 6.45) is 3.23. The van der Waals surface area contributed by atoms with Crippen LogP contribution in [0.15, 0.2) is 24.4 Å². The number of nitrogens with zero attached hydrogens (tertiary/aromatic N) is 3. The zero-order valence-electron chi connectivity index (χ0n) is 13.5. The molecule has 0 aromatic carbocycles. The highest BCUT2D eigenvalue weighted by Gasteiger charge is 2.13. The molecule has 0 bridgehead atoms. The molecule has 4 nitrogen and oxygen atoms in total. The van der Waals surface area contributed by atoms with Gasteiger partial charge < -0.3 is 0 Å². The third kappa shape index (κ3) is 5.03. The largest absolute Gasteiger partial charge is 0.300 e. The van der Waals surface area contributed by atoms with Crippen molar-refractivity contribution >= 4 is 11.3 Å². The van der Waals surface area contributed by atoms with Crippen LogP contribution in [0.3, 0.4) is 0 Å². The van der Waals surface area contributed by atoms with Gasteiger partial charge in [-0.15, -0.1) is 0 Å². The normalized spacial score (nSPS) is 10.7.